The van der Waals surface area contributed by atoms with Crippen LogP contribution in [-0.4, -0.2) is 21.5 Å². The van der Waals surface area contributed by atoms with Crippen LogP contribution in [0.25, 0.3) is 0 Å². The molecule has 1 aromatic heterocycles. The number of rotatable bonds is 6. The number of hydrogen-bond acceptors (Lipinski definition) is 6. The Bertz CT molecular complexity index is 654. The second kappa shape index (κ2) is 7.35. The maximum atomic E-state index is 11.0. The first kappa shape index (κ1) is 15.7. The number of nitro groups is 1. The van der Waals surface area contributed by atoms with Gasteiger partial charge in [-0.3, -0.25) is 10.1 Å². The normalized spacial score (nSPS) is 10.6. The van der Waals surface area contributed by atoms with Gasteiger partial charge in [0.15, 0.2) is 5.82 Å². The minimum Gasteiger partial charge on any atom is -0.374 e. The Morgan fingerprint density at radius 2 is 2.14 bits per heavy atom. The summed E-state index contributed by atoms with van der Waals surface area (Å²) in [6, 6.07) is 8.04. The van der Waals surface area contributed by atoms with Crippen LogP contribution in [0, 0.1) is 10.1 Å². The highest BCUT2D eigenvalue weighted by Gasteiger charge is 2.15. The van der Waals surface area contributed by atoms with Crippen molar-refractivity contribution < 1.29 is 9.66 Å². The summed E-state index contributed by atoms with van der Waals surface area (Å²) in [5, 5.41) is 11.8. The van der Waals surface area contributed by atoms with E-state index in [1.165, 1.54) is 17.8 Å². The third-order valence-electron chi connectivity index (χ3n) is 2.43. The number of nitro benzene ring substituents is 1. The summed E-state index contributed by atoms with van der Waals surface area (Å²) in [5.41, 5.74) is 0.0311. The first-order valence-electron chi connectivity index (χ1n) is 6.12. The van der Waals surface area contributed by atoms with Crippen molar-refractivity contribution in [3.05, 3.63) is 51.4 Å². The summed E-state index contributed by atoms with van der Waals surface area (Å²) in [4.78, 5) is 19.4. The third-order valence-corrected chi connectivity index (χ3v) is 3.61. The molecule has 0 N–H and O–H groups in total. The predicted molar refractivity (Wildman–Crippen MR) is 79.6 cm³/mol. The van der Waals surface area contributed by atoms with Gasteiger partial charge in [-0.05, 0) is 13.0 Å². The van der Waals surface area contributed by atoms with E-state index in [9.17, 15) is 10.1 Å². The van der Waals surface area contributed by atoms with Gasteiger partial charge in [0.25, 0.3) is 5.69 Å². The molecule has 0 radical (unpaired) electrons. The molecule has 0 saturated carbocycles. The van der Waals surface area contributed by atoms with Crippen LogP contribution in [0.4, 0.5) is 5.69 Å². The van der Waals surface area contributed by atoms with E-state index in [-0.39, 0.29) is 17.4 Å². The monoisotopic (exact) mass is 325 g/mol. The molecule has 21 heavy (non-hydrogen) atoms. The van der Waals surface area contributed by atoms with Crippen molar-refractivity contribution in [2.24, 2.45) is 0 Å². The van der Waals surface area contributed by atoms with Gasteiger partial charge in [0.1, 0.15) is 16.8 Å². The molecule has 0 amide bonds. The molecule has 0 bridgehead atoms. The van der Waals surface area contributed by atoms with Crippen molar-refractivity contribution in [3.63, 3.8) is 0 Å². The van der Waals surface area contributed by atoms with E-state index in [1.807, 2.05) is 6.92 Å². The Hall–Kier alpha value is -1.70. The van der Waals surface area contributed by atoms with Crippen molar-refractivity contribution in [2.75, 3.05) is 6.61 Å². The molecule has 2 rings (SSSR count). The Balaban J connectivity index is 2.27. The van der Waals surface area contributed by atoms with Gasteiger partial charge in [-0.2, -0.15) is 0 Å². The molecule has 0 aliphatic heterocycles. The highest BCUT2D eigenvalue weighted by Crippen LogP contribution is 2.34. The van der Waals surface area contributed by atoms with Gasteiger partial charge >= 0.3 is 0 Å². The third kappa shape index (κ3) is 4.38. The largest absolute Gasteiger partial charge is 0.374 e. The zero-order chi connectivity index (χ0) is 15.2. The van der Waals surface area contributed by atoms with Crippen molar-refractivity contribution in [3.8, 4) is 0 Å². The lowest BCUT2D eigenvalue weighted by molar-refractivity contribution is -0.387. The van der Waals surface area contributed by atoms with Gasteiger partial charge in [-0.1, -0.05) is 35.5 Å². The lowest BCUT2D eigenvalue weighted by atomic mass is 10.3. The number of ether oxygens (including phenoxy) is 1. The predicted octanol–water partition coefficient (Wildman–Crippen LogP) is 3.73. The number of hydrogen-bond donors (Lipinski definition) is 0. The van der Waals surface area contributed by atoms with Gasteiger partial charge < -0.3 is 4.74 Å². The Kier molecular flexibility index (Phi) is 5.49. The summed E-state index contributed by atoms with van der Waals surface area (Å²) in [6.07, 6.45) is 0. The highest BCUT2D eigenvalue weighted by atomic mass is 35.5. The fourth-order valence-electron chi connectivity index (χ4n) is 1.56. The zero-order valence-corrected chi connectivity index (χ0v) is 12.7. The minimum atomic E-state index is -0.424. The first-order valence-corrected chi connectivity index (χ1v) is 7.32. The Morgan fingerprint density at radius 3 is 2.86 bits per heavy atom. The Labute approximate surface area is 130 Å². The smallest absolute Gasteiger partial charge is 0.283 e. The second-order valence-electron chi connectivity index (χ2n) is 3.91. The SMILES string of the molecule is CCOCc1nc(Cl)cc(Sc2ccccc2[N+](=O)[O-])n1. The molecule has 1 aromatic carbocycles. The van der Waals surface area contributed by atoms with Gasteiger partial charge in [-0.25, -0.2) is 9.97 Å². The molecule has 0 aliphatic carbocycles. The van der Waals surface area contributed by atoms with E-state index in [1.54, 1.807) is 24.3 Å². The summed E-state index contributed by atoms with van der Waals surface area (Å²) in [5.74, 6) is 0.449. The maximum Gasteiger partial charge on any atom is 0.283 e. The van der Waals surface area contributed by atoms with Gasteiger partial charge in [0.2, 0.25) is 0 Å². The standard InChI is InChI=1S/C13H12ClN3O3S/c1-2-20-8-12-15-11(14)7-13(16-12)21-10-6-4-3-5-9(10)17(18)19/h3-7H,2,8H2,1H3. The molecule has 0 fully saturated rings. The lowest BCUT2D eigenvalue weighted by Crippen LogP contribution is -2.00. The van der Waals surface area contributed by atoms with E-state index in [0.717, 1.165) is 0 Å². The molecular formula is C13H12ClN3O3S. The van der Waals surface area contributed by atoms with Gasteiger partial charge in [0.05, 0.1) is 9.82 Å². The molecule has 6 nitrogen and oxygen atoms in total. The second-order valence-corrected chi connectivity index (χ2v) is 5.36. The average Bonchev–Trinajstić information content (AvgIpc) is 2.45. The molecule has 0 unspecified atom stereocenters. The molecule has 0 aliphatic rings. The van der Waals surface area contributed by atoms with Crippen LogP contribution in [0.2, 0.25) is 5.15 Å². The highest BCUT2D eigenvalue weighted by molar-refractivity contribution is 7.99. The fourth-order valence-corrected chi connectivity index (χ4v) is 2.77. The summed E-state index contributed by atoms with van der Waals surface area (Å²) in [7, 11) is 0. The molecule has 2 aromatic rings. The fraction of sp³-hybridized carbons (Fsp3) is 0.231. The van der Waals surface area contributed by atoms with E-state index in [2.05, 4.69) is 9.97 Å². The number of para-hydroxylation sites is 1. The topological polar surface area (TPSA) is 78.2 Å². The van der Waals surface area contributed by atoms with E-state index in [0.29, 0.717) is 22.4 Å². The zero-order valence-electron chi connectivity index (χ0n) is 11.2. The molecule has 1 heterocycles. The number of halogens is 1. The molecule has 0 atom stereocenters. The van der Waals surface area contributed by atoms with Crippen LogP contribution in [0.15, 0.2) is 40.3 Å². The average molecular weight is 326 g/mol. The van der Waals surface area contributed by atoms with Crippen LogP contribution in [-0.2, 0) is 11.3 Å². The molecule has 0 saturated heterocycles. The van der Waals surface area contributed by atoms with Crippen LogP contribution < -0.4 is 0 Å². The number of nitrogens with zero attached hydrogens (tertiary/aromatic N) is 3. The van der Waals surface area contributed by atoms with Crippen LogP contribution in [0.5, 0.6) is 0 Å². The first-order chi connectivity index (χ1) is 10.1. The van der Waals surface area contributed by atoms with Crippen LogP contribution in [0.1, 0.15) is 12.7 Å². The van der Waals surface area contributed by atoms with Crippen LogP contribution >= 0.6 is 23.4 Å². The number of benzene rings is 1. The number of aromatic nitrogens is 2. The van der Waals surface area contributed by atoms with E-state index in [4.69, 9.17) is 16.3 Å². The van der Waals surface area contributed by atoms with Gasteiger partial charge in [0, 0.05) is 18.7 Å². The molecule has 0 spiro atoms. The minimum absolute atomic E-state index is 0.0311. The van der Waals surface area contributed by atoms with Crippen molar-refractivity contribution >= 4 is 29.1 Å². The Morgan fingerprint density at radius 1 is 1.38 bits per heavy atom. The quantitative estimate of drug-likeness (QED) is 0.457. The summed E-state index contributed by atoms with van der Waals surface area (Å²) < 4.78 is 5.24. The van der Waals surface area contributed by atoms with Crippen molar-refractivity contribution in [1.82, 2.24) is 9.97 Å². The molecule has 8 heteroatoms. The van der Waals surface area contributed by atoms with Crippen LogP contribution in [0.3, 0.4) is 0 Å². The van der Waals surface area contributed by atoms with Gasteiger partial charge in [-0.15, -0.1) is 0 Å². The van der Waals surface area contributed by atoms with E-state index < -0.39 is 4.92 Å². The summed E-state index contributed by atoms with van der Waals surface area (Å²) >= 11 is 7.12. The van der Waals surface area contributed by atoms with Crippen molar-refractivity contribution in [1.29, 1.82) is 0 Å². The molecular weight excluding hydrogens is 314 g/mol. The maximum absolute atomic E-state index is 11.0. The lowest BCUT2D eigenvalue weighted by Gasteiger charge is -2.05. The van der Waals surface area contributed by atoms with Crippen molar-refractivity contribution in [2.45, 2.75) is 23.5 Å². The van der Waals surface area contributed by atoms with E-state index >= 15 is 0 Å². The summed E-state index contributed by atoms with van der Waals surface area (Å²) in [6.45, 7) is 2.66. The molecule has 110 valence electrons.